The van der Waals surface area contributed by atoms with Gasteiger partial charge in [0, 0.05) is 19.0 Å². The molecule has 2 aromatic rings. The van der Waals surface area contributed by atoms with E-state index in [1.165, 1.54) is 0 Å². The molecule has 0 aromatic heterocycles. The first-order chi connectivity index (χ1) is 13.6. The van der Waals surface area contributed by atoms with Crippen molar-refractivity contribution in [3.63, 3.8) is 0 Å². The van der Waals surface area contributed by atoms with Crippen LogP contribution in [0, 0.1) is 12.8 Å². The zero-order valence-corrected chi connectivity index (χ0v) is 16.3. The van der Waals surface area contributed by atoms with E-state index in [1.807, 2.05) is 55.5 Å². The van der Waals surface area contributed by atoms with Gasteiger partial charge in [0.1, 0.15) is 11.5 Å². The number of aryl methyl sites for hydroxylation is 1. The van der Waals surface area contributed by atoms with E-state index >= 15 is 0 Å². The third kappa shape index (κ3) is 5.03. The van der Waals surface area contributed by atoms with Crippen molar-refractivity contribution < 1.29 is 19.1 Å². The van der Waals surface area contributed by atoms with Crippen LogP contribution in [0.25, 0.3) is 0 Å². The van der Waals surface area contributed by atoms with Gasteiger partial charge in [-0.05, 0) is 44.0 Å². The average molecular weight is 382 g/mol. The second-order valence-corrected chi connectivity index (χ2v) is 6.95. The Labute approximate surface area is 165 Å². The molecule has 0 saturated carbocycles. The maximum absolute atomic E-state index is 12.6. The van der Waals surface area contributed by atoms with E-state index in [2.05, 4.69) is 5.32 Å². The molecule has 2 amide bonds. The van der Waals surface area contributed by atoms with Gasteiger partial charge in [0.15, 0.2) is 6.61 Å². The number of anilines is 1. The summed E-state index contributed by atoms with van der Waals surface area (Å²) in [5, 5.41) is 2.93. The monoisotopic (exact) mass is 382 g/mol. The Balaban J connectivity index is 1.46. The topological polar surface area (TPSA) is 67.9 Å². The molecule has 28 heavy (non-hydrogen) atoms. The Kier molecular flexibility index (Phi) is 6.53. The third-order valence-corrected chi connectivity index (χ3v) is 4.97. The summed E-state index contributed by atoms with van der Waals surface area (Å²) in [6.07, 6.45) is 1.27. The van der Waals surface area contributed by atoms with E-state index in [-0.39, 0.29) is 24.3 Å². The number of nitrogens with zero attached hydrogens (tertiary/aromatic N) is 1. The molecule has 1 aliphatic rings. The molecule has 0 bridgehead atoms. The van der Waals surface area contributed by atoms with Crippen LogP contribution in [-0.2, 0) is 9.59 Å². The first-order valence-electron chi connectivity index (χ1n) is 9.48. The second-order valence-electron chi connectivity index (χ2n) is 6.95. The van der Waals surface area contributed by atoms with Gasteiger partial charge in [-0.2, -0.15) is 0 Å². The molecule has 0 atom stereocenters. The maximum atomic E-state index is 12.6. The lowest BCUT2D eigenvalue weighted by molar-refractivity contribution is -0.136. The van der Waals surface area contributed by atoms with Crippen LogP contribution in [0.5, 0.6) is 11.5 Å². The fourth-order valence-electron chi connectivity index (χ4n) is 3.24. The van der Waals surface area contributed by atoms with Crippen LogP contribution in [0.15, 0.2) is 48.5 Å². The number of para-hydroxylation sites is 2. The molecular weight excluding hydrogens is 356 g/mol. The quantitative estimate of drug-likeness (QED) is 0.833. The van der Waals surface area contributed by atoms with Crippen LogP contribution in [0.1, 0.15) is 18.4 Å². The number of likely N-dealkylation sites (tertiary alicyclic amines) is 1. The summed E-state index contributed by atoms with van der Waals surface area (Å²) in [4.78, 5) is 26.7. The molecule has 148 valence electrons. The summed E-state index contributed by atoms with van der Waals surface area (Å²) in [6, 6.07) is 15.0. The highest BCUT2D eigenvalue weighted by molar-refractivity contribution is 5.94. The van der Waals surface area contributed by atoms with Crippen molar-refractivity contribution in [2.75, 3.05) is 32.1 Å². The molecule has 1 aliphatic heterocycles. The minimum atomic E-state index is -0.119. The Morgan fingerprint density at radius 2 is 1.75 bits per heavy atom. The Morgan fingerprint density at radius 1 is 1.07 bits per heavy atom. The zero-order valence-electron chi connectivity index (χ0n) is 16.3. The lowest BCUT2D eigenvalue weighted by Gasteiger charge is -2.31. The molecule has 1 fully saturated rings. The van der Waals surface area contributed by atoms with Gasteiger partial charge in [-0.1, -0.05) is 29.8 Å². The third-order valence-electron chi connectivity index (χ3n) is 4.97. The number of piperidine rings is 1. The molecular formula is C22H26N2O4. The molecule has 1 saturated heterocycles. The minimum absolute atomic E-state index is 0.0150. The highest BCUT2D eigenvalue weighted by Gasteiger charge is 2.27. The van der Waals surface area contributed by atoms with E-state index < -0.39 is 0 Å². The molecule has 2 aromatic carbocycles. The molecule has 6 heteroatoms. The summed E-state index contributed by atoms with van der Waals surface area (Å²) in [7, 11) is 1.58. The summed E-state index contributed by atoms with van der Waals surface area (Å²) >= 11 is 0. The second kappa shape index (κ2) is 9.26. The molecule has 0 unspecified atom stereocenters. The minimum Gasteiger partial charge on any atom is -0.495 e. The van der Waals surface area contributed by atoms with Crippen LogP contribution < -0.4 is 14.8 Å². The number of carbonyl (C=O) groups is 2. The van der Waals surface area contributed by atoms with Crippen LogP contribution in [0.2, 0.25) is 0 Å². The Bertz CT molecular complexity index is 812. The summed E-state index contributed by atoms with van der Waals surface area (Å²) in [5.41, 5.74) is 1.81. The number of carbonyl (C=O) groups excluding carboxylic acids is 2. The molecule has 0 radical (unpaired) electrons. The van der Waals surface area contributed by atoms with Crippen molar-refractivity contribution >= 4 is 17.5 Å². The average Bonchev–Trinajstić information content (AvgIpc) is 2.73. The van der Waals surface area contributed by atoms with Crippen molar-refractivity contribution in [1.29, 1.82) is 0 Å². The fraction of sp³-hybridized carbons (Fsp3) is 0.364. The number of hydrogen-bond donors (Lipinski definition) is 1. The van der Waals surface area contributed by atoms with Crippen molar-refractivity contribution in [2.45, 2.75) is 19.8 Å². The van der Waals surface area contributed by atoms with E-state index in [9.17, 15) is 9.59 Å². The van der Waals surface area contributed by atoms with Gasteiger partial charge in [-0.15, -0.1) is 0 Å². The molecule has 0 spiro atoms. The lowest BCUT2D eigenvalue weighted by Crippen LogP contribution is -2.43. The van der Waals surface area contributed by atoms with Crippen molar-refractivity contribution in [3.05, 3.63) is 54.1 Å². The van der Waals surface area contributed by atoms with E-state index in [0.29, 0.717) is 43.1 Å². The van der Waals surface area contributed by atoms with Gasteiger partial charge in [-0.3, -0.25) is 9.59 Å². The highest BCUT2D eigenvalue weighted by Crippen LogP contribution is 2.26. The lowest BCUT2D eigenvalue weighted by atomic mass is 9.95. The first kappa shape index (κ1) is 19.7. The number of rotatable bonds is 6. The summed E-state index contributed by atoms with van der Waals surface area (Å²) in [5.74, 6) is 1.12. The highest BCUT2D eigenvalue weighted by atomic mass is 16.5. The number of nitrogens with one attached hydrogen (secondary N) is 1. The number of ether oxygens (including phenoxy) is 2. The van der Waals surface area contributed by atoms with Crippen LogP contribution in [0.4, 0.5) is 5.69 Å². The molecule has 1 heterocycles. The Hall–Kier alpha value is -3.02. The van der Waals surface area contributed by atoms with Gasteiger partial charge in [0.05, 0.1) is 12.8 Å². The standard InChI is InChI=1S/C22H26N2O4/c1-16-7-9-18(10-8-16)28-15-21(25)24-13-11-17(12-14-24)22(26)23-19-5-3-4-6-20(19)27-2/h3-10,17H,11-15H2,1-2H3,(H,23,26). The number of amides is 2. The van der Waals surface area contributed by atoms with Crippen molar-refractivity contribution in [1.82, 2.24) is 4.90 Å². The van der Waals surface area contributed by atoms with Crippen molar-refractivity contribution in [3.8, 4) is 11.5 Å². The largest absolute Gasteiger partial charge is 0.495 e. The van der Waals surface area contributed by atoms with Crippen molar-refractivity contribution in [2.24, 2.45) is 5.92 Å². The number of hydrogen-bond acceptors (Lipinski definition) is 4. The summed E-state index contributed by atoms with van der Waals surface area (Å²) in [6.45, 7) is 3.13. The maximum Gasteiger partial charge on any atom is 0.260 e. The number of benzene rings is 2. The number of methoxy groups -OCH3 is 1. The summed E-state index contributed by atoms with van der Waals surface area (Å²) < 4.78 is 10.8. The molecule has 0 aliphatic carbocycles. The first-order valence-corrected chi connectivity index (χ1v) is 9.48. The van der Waals surface area contributed by atoms with E-state index in [0.717, 1.165) is 5.56 Å². The Morgan fingerprint density at radius 3 is 2.43 bits per heavy atom. The predicted octanol–water partition coefficient (Wildman–Crippen LogP) is 3.26. The van der Waals surface area contributed by atoms with Gasteiger partial charge in [0.25, 0.3) is 5.91 Å². The van der Waals surface area contributed by atoms with E-state index in [1.54, 1.807) is 12.0 Å². The van der Waals surface area contributed by atoms with Gasteiger partial charge in [-0.25, -0.2) is 0 Å². The van der Waals surface area contributed by atoms with Gasteiger partial charge in [0.2, 0.25) is 5.91 Å². The smallest absolute Gasteiger partial charge is 0.260 e. The molecule has 1 N–H and O–H groups in total. The van der Waals surface area contributed by atoms with Crippen LogP contribution in [-0.4, -0.2) is 43.5 Å². The van der Waals surface area contributed by atoms with Crippen LogP contribution in [0.3, 0.4) is 0 Å². The van der Waals surface area contributed by atoms with Gasteiger partial charge >= 0.3 is 0 Å². The van der Waals surface area contributed by atoms with E-state index in [4.69, 9.17) is 9.47 Å². The predicted molar refractivity (Wildman–Crippen MR) is 108 cm³/mol. The zero-order chi connectivity index (χ0) is 19.9. The van der Waals surface area contributed by atoms with Gasteiger partial charge < -0.3 is 19.7 Å². The fourth-order valence-corrected chi connectivity index (χ4v) is 3.24. The SMILES string of the molecule is COc1ccccc1NC(=O)C1CCN(C(=O)COc2ccc(C)cc2)CC1. The molecule has 6 nitrogen and oxygen atoms in total. The normalized spacial score (nSPS) is 14.4. The van der Waals surface area contributed by atoms with Crippen LogP contribution >= 0.6 is 0 Å². The molecule has 3 rings (SSSR count).